The average molecular weight is 384 g/mol. The van der Waals surface area contributed by atoms with Gasteiger partial charge >= 0.3 is 0 Å². The second kappa shape index (κ2) is 8.41. The smallest absolute Gasteiger partial charge is 0.233 e. The summed E-state index contributed by atoms with van der Waals surface area (Å²) in [7, 11) is 0. The molecule has 2 aliphatic rings. The van der Waals surface area contributed by atoms with Gasteiger partial charge in [-0.15, -0.1) is 0 Å². The topological polar surface area (TPSA) is 26.8 Å². The minimum absolute atomic E-state index is 0.187. The highest BCUT2D eigenvalue weighted by Crippen LogP contribution is 2.21. The molecule has 3 rings (SSSR count). The number of rotatable bonds is 3. The molecule has 2 fully saturated rings. The monoisotopic (exact) mass is 383 g/mol. The number of halogens is 1. The van der Waals surface area contributed by atoms with Crippen LogP contribution in [-0.2, 0) is 4.79 Å². The average Bonchev–Trinajstić information content (AvgIpc) is 3.14. The molecule has 0 atom stereocenters. The highest BCUT2D eigenvalue weighted by Gasteiger charge is 2.23. The van der Waals surface area contributed by atoms with E-state index in [0.29, 0.717) is 5.75 Å². The lowest BCUT2D eigenvalue weighted by Gasteiger charge is -2.36. The van der Waals surface area contributed by atoms with Crippen molar-refractivity contribution in [1.29, 1.82) is 0 Å². The van der Waals surface area contributed by atoms with Gasteiger partial charge in [0.2, 0.25) is 5.91 Å². The van der Waals surface area contributed by atoms with Gasteiger partial charge < -0.3 is 14.7 Å². The van der Waals surface area contributed by atoms with Crippen LogP contribution in [0.15, 0.2) is 24.3 Å². The van der Waals surface area contributed by atoms with Crippen molar-refractivity contribution in [2.24, 2.45) is 0 Å². The van der Waals surface area contributed by atoms with Crippen molar-refractivity contribution >= 4 is 51.5 Å². The lowest BCUT2D eigenvalue weighted by atomic mass is 10.2. The molecule has 0 unspecified atom stereocenters. The normalized spacial score (nSPS) is 18.1. The number of carbonyl (C=O) groups excluding carboxylic acids is 1. The summed E-state index contributed by atoms with van der Waals surface area (Å²) in [5.41, 5.74) is 1.12. The van der Waals surface area contributed by atoms with E-state index in [-0.39, 0.29) is 5.91 Å². The van der Waals surface area contributed by atoms with Crippen molar-refractivity contribution < 1.29 is 4.79 Å². The number of likely N-dealkylation sites (tertiary alicyclic amines) is 1. The summed E-state index contributed by atoms with van der Waals surface area (Å²) in [6.45, 7) is 5.27. The Morgan fingerprint density at radius 1 is 1.08 bits per heavy atom. The molecule has 2 saturated heterocycles. The van der Waals surface area contributed by atoms with Crippen LogP contribution in [0.2, 0.25) is 5.02 Å². The Balaban J connectivity index is 1.44. The second-order valence-corrected chi connectivity index (χ2v) is 8.14. The molecule has 1 aromatic rings. The fraction of sp³-hybridized carbons (Fsp3) is 0.529. The first-order valence-electron chi connectivity index (χ1n) is 8.33. The molecule has 0 aromatic heterocycles. The van der Waals surface area contributed by atoms with Crippen LogP contribution >= 0.6 is 35.6 Å². The van der Waals surface area contributed by atoms with Gasteiger partial charge in [-0.3, -0.25) is 4.79 Å². The molecule has 0 saturated carbocycles. The number of hydrogen-bond donors (Lipinski definition) is 0. The van der Waals surface area contributed by atoms with E-state index in [0.717, 1.165) is 54.3 Å². The van der Waals surface area contributed by atoms with Gasteiger partial charge in [-0.1, -0.05) is 41.6 Å². The first-order valence-corrected chi connectivity index (χ1v) is 10.1. The molecule has 0 spiro atoms. The SMILES string of the molecule is O=C(CSC(=S)N1CCCC1)N1CCN(c2cccc(Cl)c2)CC1. The maximum absolute atomic E-state index is 12.4. The third kappa shape index (κ3) is 4.55. The first-order chi connectivity index (χ1) is 11.6. The van der Waals surface area contributed by atoms with E-state index < -0.39 is 0 Å². The molecule has 2 aliphatic heterocycles. The largest absolute Gasteiger partial charge is 0.368 e. The van der Waals surface area contributed by atoms with E-state index in [1.54, 1.807) is 0 Å². The highest BCUT2D eigenvalue weighted by atomic mass is 35.5. The fourth-order valence-corrected chi connectivity index (χ4v) is 4.43. The summed E-state index contributed by atoms with van der Waals surface area (Å²) in [5.74, 6) is 0.638. The Labute approximate surface area is 158 Å². The number of thioether (sulfide) groups is 1. The maximum Gasteiger partial charge on any atom is 0.233 e. The minimum atomic E-state index is 0.187. The van der Waals surface area contributed by atoms with Crippen LogP contribution in [0.25, 0.3) is 0 Å². The molecule has 24 heavy (non-hydrogen) atoms. The Kier molecular flexibility index (Phi) is 6.25. The van der Waals surface area contributed by atoms with E-state index in [1.807, 2.05) is 23.1 Å². The van der Waals surface area contributed by atoms with Gasteiger partial charge in [-0.25, -0.2) is 0 Å². The number of thiocarbonyl (C=S) groups is 1. The molecule has 7 heteroatoms. The fourth-order valence-electron chi connectivity index (χ4n) is 3.09. The molecule has 0 N–H and O–H groups in total. The number of amides is 1. The van der Waals surface area contributed by atoms with Gasteiger partial charge in [0.25, 0.3) is 0 Å². The van der Waals surface area contributed by atoms with Crippen LogP contribution in [-0.4, -0.2) is 65.0 Å². The molecule has 2 heterocycles. The van der Waals surface area contributed by atoms with Crippen molar-refractivity contribution in [2.75, 3.05) is 49.9 Å². The molecule has 0 aliphatic carbocycles. The van der Waals surface area contributed by atoms with Crippen LogP contribution in [0.1, 0.15) is 12.8 Å². The number of carbonyl (C=O) groups is 1. The molecule has 1 aromatic carbocycles. The Morgan fingerprint density at radius 2 is 1.79 bits per heavy atom. The van der Waals surface area contributed by atoms with E-state index in [4.69, 9.17) is 23.8 Å². The van der Waals surface area contributed by atoms with Gasteiger partial charge in [0.05, 0.1) is 5.75 Å². The van der Waals surface area contributed by atoms with Gasteiger partial charge in [-0.2, -0.15) is 0 Å². The highest BCUT2D eigenvalue weighted by molar-refractivity contribution is 8.23. The standard InChI is InChI=1S/C17H22ClN3OS2/c18-14-4-3-5-15(12-14)19-8-10-20(11-9-19)16(22)13-24-17(23)21-6-1-2-7-21/h3-5,12H,1-2,6-11,13H2. The summed E-state index contributed by atoms with van der Waals surface area (Å²) in [6.07, 6.45) is 2.42. The number of anilines is 1. The van der Waals surface area contributed by atoms with Crippen LogP contribution in [0.5, 0.6) is 0 Å². The Hall–Kier alpha value is -0.980. The van der Waals surface area contributed by atoms with Crippen molar-refractivity contribution in [2.45, 2.75) is 12.8 Å². The molecule has 0 radical (unpaired) electrons. The minimum Gasteiger partial charge on any atom is -0.368 e. The molecule has 130 valence electrons. The zero-order valence-electron chi connectivity index (χ0n) is 13.6. The first kappa shape index (κ1) is 17.8. The molecule has 0 bridgehead atoms. The van der Waals surface area contributed by atoms with Gasteiger partial charge in [-0.05, 0) is 31.0 Å². The zero-order valence-corrected chi connectivity index (χ0v) is 16.0. The van der Waals surface area contributed by atoms with E-state index in [2.05, 4.69) is 15.9 Å². The van der Waals surface area contributed by atoms with Gasteiger partial charge in [0, 0.05) is 50.0 Å². The number of benzene rings is 1. The quantitative estimate of drug-likeness (QED) is 0.747. The predicted octanol–water partition coefficient (Wildman–Crippen LogP) is 3.10. The van der Waals surface area contributed by atoms with E-state index in [9.17, 15) is 4.79 Å². The lowest BCUT2D eigenvalue weighted by molar-refractivity contribution is -0.128. The third-order valence-corrected chi connectivity index (χ3v) is 6.23. The maximum atomic E-state index is 12.4. The lowest BCUT2D eigenvalue weighted by Crippen LogP contribution is -2.49. The molecule has 1 amide bonds. The van der Waals surface area contributed by atoms with Gasteiger partial charge in [0.1, 0.15) is 4.32 Å². The second-order valence-electron chi connectivity index (χ2n) is 6.10. The predicted molar refractivity (Wildman–Crippen MR) is 106 cm³/mol. The van der Waals surface area contributed by atoms with Crippen LogP contribution < -0.4 is 4.90 Å². The zero-order chi connectivity index (χ0) is 16.9. The van der Waals surface area contributed by atoms with Crippen LogP contribution in [0.4, 0.5) is 5.69 Å². The van der Waals surface area contributed by atoms with E-state index >= 15 is 0 Å². The number of piperazine rings is 1. The van der Waals surface area contributed by atoms with Crippen molar-refractivity contribution in [1.82, 2.24) is 9.80 Å². The number of nitrogens with zero attached hydrogens (tertiary/aromatic N) is 3. The molecular weight excluding hydrogens is 362 g/mol. The Bertz CT molecular complexity index is 599. The summed E-state index contributed by atoms with van der Waals surface area (Å²) in [5, 5.41) is 0.748. The third-order valence-electron chi connectivity index (χ3n) is 4.49. The van der Waals surface area contributed by atoms with Crippen molar-refractivity contribution in [3.63, 3.8) is 0 Å². The summed E-state index contributed by atoms with van der Waals surface area (Å²) >= 11 is 13.0. The van der Waals surface area contributed by atoms with E-state index in [1.165, 1.54) is 24.6 Å². The summed E-state index contributed by atoms with van der Waals surface area (Å²) in [6, 6.07) is 7.88. The molecule has 4 nitrogen and oxygen atoms in total. The van der Waals surface area contributed by atoms with Crippen LogP contribution in [0, 0.1) is 0 Å². The van der Waals surface area contributed by atoms with Crippen molar-refractivity contribution in [3.8, 4) is 0 Å². The Morgan fingerprint density at radius 3 is 2.46 bits per heavy atom. The summed E-state index contributed by atoms with van der Waals surface area (Å²) < 4.78 is 0.874. The van der Waals surface area contributed by atoms with Crippen LogP contribution in [0.3, 0.4) is 0 Å². The molecular formula is C17H22ClN3OS2. The van der Waals surface area contributed by atoms with Gasteiger partial charge in [0.15, 0.2) is 0 Å². The number of hydrogen-bond acceptors (Lipinski definition) is 4. The van der Waals surface area contributed by atoms with Crippen molar-refractivity contribution in [3.05, 3.63) is 29.3 Å². The summed E-state index contributed by atoms with van der Waals surface area (Å²) in [4.78, 5) is 18.8.